The number of hydrogen-bond donors (Lipinski definition) is 1. The quantitative estimate of drug-likeness (QED) is 0.913. The first-order valence-electron chi connectivity index (χ1n) is 6.96. The third kappa shape index (κ3) is 2.26. The highest BCUT2D eigenvalue weighted by molar-refractivity contribution is 5.76. The van der Waals surface area contributed by atoms with Crippen molar-refractivity contribution in [1.29, 1.82) is 0 Å². The second kappa shape index (κ2) is 5.31. The number of methoxy groups -OCH3 is 1. The topological polar surface area (TPSA) is 39.1 Å². The molecule has 0 saturated carbocycles. The summed E-state index contributed by atoms with van der Waals surface area (Å²) in [6.45, 7) is 6.00. The molecule has 0 aliphatic carbocycles. The van der Waals surface area contributed by atoms with Crippen LogP contribution < -0.4 is 5.32 Å². The van der Waals surface area contributed by atoms with E-state index in [1.807, 2.05) is 0 Å². The number of ether oxygens (including phenoxy) is 1. The predicted octanol–water partition coefficient (Wildman–Crippen LogP) is 2.01. The molecule has 2 atom stereocenters. The fourth-order valence-electron chi connectivity index (χ4n) is 2.95. The Morgan fingerprint density at radius 1 is 1.37 bits per heavy atom. The largest absolute Gasteiger partial charge is 0.383 e. The Hall–Kier alpha value is -1.39. The van der Waals surface area contributed by atoms with Gasteiger partial charge in [0, 0.05) is 26.1 Å². The molecule has 1 aliphatic heterocycles. The maximum Gasteiger partial charge on any atom is 0.114 e. The van der Waals surface area contributed by atoms with Crippen LogP contribution in [0.3, 0.4) is 0 Å². The average Bonchev–Trinajstić information content (AvgIpc) is 2.99. The summed E-state index contributed by atoms with van der Waals surface area (Å²) in [6.07, 6.45) is 0. The van der Waals surface area contributed by atoms with Crippen molar-refractivity contribution >= 4 is 11.0 Å². The highest BCUT2D eigenvalue weighted by Crippen LogP contribution is 2.29. The van der Waals surface area contributed by atoms with Crippen LogP contribution in [-0.2, 0) is 11.3 Å². The summed E-state index contributed by atoms with van der Waals surface area (Å²) < 4.78 is 7.57. The van der Waals surface area contributed by atoms with Crippen molar-refractivity contribution in [2.24, 2.45) is 5.92 Å². The van der Waals surface area contributed by atoms with Crippen molar-refractivity contribution in [3.8, 4) is 0 Å². The molecule has 1 saturated heterocycles. The third-order valence-electron chi connectivity index (χ3n) is 4.05. The SMILES string of the molecule is COCCn1c(C2CNCC2C)nc2ccccc21. The van der Waals surface area contributed by atoms with Crippen molar-refractivity contribution in [3.63, 3.8) is 0 Å². The summed E-state index contributed by atoms with van der Waals surface area (Å²) in [5.41, 5.74) is 2.31. The third-order valence-corrected chi connectivity index (χ3v) is 4.05. The van der Waals surface area contributed by atoms with Gasteiger partial charge < -0.3 is 14.6 Å². The first kappa shape index (κ1) is 12.6. The molecule has 0 radical (unpaired) electrons. The predicted molar refractivity (Wildman–Crippen MR) is 76.4 cm³/mol. The van der Waals surface area contributed by atoms with Crippen molar-refractivity contribution in [3.05, 3.63) is 30.1 Å². The zero-order chi connectivity index (χ0) is 13.2. The number of nitrogens with zero attached hydrogens (tertiary/aromatic N) is 2. The van der Waals surface area contributed by atoms with Crippen LogP contribution in [0.1, 0.15) is 18.7 Å². The molecule has 102 valence electrons. The zero-order valence-electron chi connectivity index (χ0n) is 11.6. The summed E-state index contributed by atoms with van der Waals surface area (Å²) in [7, 11) is 1.75. The van der Waals surface area contributed by atoms with Crippen molar-refractivity contribution < 1.29 is 4.74 Å². The van der Waals surface area contributed by atoms with E-state index in [0.29, 0.717) is 11.8 Å². The first-order valence-corrected chi connectivity index (χ1v) is 6.96. The highest BCUT2D eigenvalue weighted by Gasteiger charge is 2.29. The number of fused-ring (bicyclic) bond motifs is 1. The molecule has 0 amide bonds. The summed E-state index contributed by atoms with van der Waals surface area (Å²) in [5, 5.41) is 3.46. The van der Waals surface area contributed by atoms with Crippen LogP contribution >= 0.6 is 0 Å². The molecule has 2 heterocycles. The molecular formula is C15H21N3O. The van der Waals surface area contributed by atoms with Gasteiger partial charge in [0.15, 0.2) is 0 Å². The lowest BCUT2D eigenvalue weighted by atomic mass is 9.97. The molecule has 4 heteroatoms. The van der Waals surface area contributed by atoms with Gasteiger partial charge in [0.1, 0.15) is 5.82 Å². The van der Waals surface area contributed by atoms with E-state index in [4.69, 9.17) is 9.72 Å². The number of benzene rings is 1. The van der Waals surface area contributed by atoms with E-state index in [1.165, 1.54) is 11.3 Å². The Morgan fingerprint density at radius 3 is 2.95 bits per heavy atom. The molecule has 4 nitrogen and oxygen atoms in total. The van der Waals surface area contributed by atoms with Crippen LogP contribution in [0, 0.1) is 5.92 Å². The number of imidazole rings is 1. The average molecular weight is 259 g/mol. The second-order valence-corrected chi connectivity index (χ2v) is 5.35. The Bertz CT molecular complexity index is 564. The number of nitrogens with one attached hydrogen (secondary N) is 1. The fourth-order valence-corrected chi connectivity index (χ4v) is 2.95. The van der Waals surface area contributed by atoms with Gasteiger partial charge in [0.05, 0.1) is 17.6 Å². The summed E-state index contributed by atoms with van der Waals surface area (Å²) in [6, 6.07) is 8.37. The molecule has 0 bridgehead atoms. The molecule has 1 aliphatic rings. The first-order chi connectivity index (χ1) is 9.31. The summed E-state index contributed by atoms with van der Waals surface area (Å²) in [5.74, 6) is 2.35. The molecule has 3 rings (SSSR count). The minimum Gasteiger partial charge on any atom is -0.383 e. The lowest BCUT2D eigenvalue weighted by Crippen LogP contribution is -2.16. The van der Waals surface area contributed by atoms with Crippen molar-refractivity contribution in [2.45, 2.75) is 19.4 Å². The molecule has 1 aromatic heterocycles. The molecule has 1 fully saturated rings. The van der Waals surface area contributed by atoms with Crippen LogP contribution in [0.25, 0.3) is 11.0 Å². The highest BCUT2D eigenvalue weighted by atomic mass is 16.5. The molecule has 0 spiro atoms. The van der Waals surface area contributed by atoms with Gasteiger partial charge in [-0.2, -0.15) is 0 Å². The Balaban J connectivity index is 2.06. The van der Waals surface area contributed by atoms with E-state index in [-0.39, 0.29) is 0 Å². The van der Waals surface area contributed by atoms with E-state index in [2.05, 4.69) is 41.1 Å². The van der Waals surface area contributed by atoms with Gasteiger partial charge in [-0.15, -0.1) is 0 Å². The minimum absolute atomic E-state index is 0.504. The van der Waals surface area contributed by atoms with Crippen LogP contribution in [0.15, 0.2) is 24.3 Å². The van der Waals surface area contributed by atoms with Crippen LogP contribution in [-0.4, -0.2) is 36.4 Å². The Kier molecular flexibility index (Phi) is 3.53. The van der Waals surface area contributed by atoms with Gasteiger partial charge in [-0.3, -0.25) is 0 Å². The number of rotatable bonds is 4. The van der Waals surface area contributed by atoms with Gasteiger partial charge in [-0.1, -0.05) is 19.1 Å². The van der Waals surface area contributed by atoms with Crippen LogP contribution in [0.4, 0.5) is 0 Å². The standard InChI is InChI=1S/C15H21N3O/c1-11-9-16-10-12(11)15-17-13-5-3-4-6-14(13)18(15)7-8-19-2/h3-6,11-12,16H,7-10H2,1-2H3. The van der Waals surface area contributed by atoms with Crippen LogP contribution in [0.5, 0.6) is 0 Å². The number of aromatic nitrogens is 2. The maximum atomic E-state index is 5.24. The second-order valence-electron chi connectivity index (χ2n) is 5.35. The number of hydrogen-bond acceptors (Lipinski definition) is 3. The van der Waals surface area contributed by atoms with Crippen molar-refractivity contribution in [2.75, 3.05) is 26.8 Å². The van der Waals surface area contributed by atoms with Gasteiger partial charge >= 0.3 is 0 Å². The van der Waals surface area contributed by atoms with E-state index >= 15 is 0 Å². The van der Waals surface area contributed by atoms with Gasteiger partial charge in [-0.05, 0) is 24.6 Å². The molecule has 2 aromatic rings. The monoisotopic (exact) mass is 259 g/mol. The van der Waals surface area contributed by atoms with E-state index < -0.39 is 0 Å². The maximum absolute atomic E-state index is 5.24. The Morgan fingerprint density at radius 2 is 2.21 bits per heavy atom. The smallest absolute Gasteiger partial charge is 0.114 e. The fraction of sp³-hybridized carbons (Fsp3) is 0.533. The minimum atomic E-state index is 0.504. The molecular weight excluding hydrogens is 238 g/mol. The van der Waals surface area contributed by atoms with E-state index in [0.717, 1.165) is 31.8 Å². The van der Waals surface area contributed by atoms with E-state index in [1.54, 1.807) is 7.11 Å². The van der Waals surface area contributed by atoms with Gasteiger partial charge in [-0.25, -0.2) is 4.98 Å². The lowest BCUT2D eigenvalue weighted by molar-refractivity contribution is 0.186. The molecule has 1 N–H and O–H groups in total. The van der Waals surface area contributed by atoms with Gasteiger partial charge in [0.25, 0.3) is 0 Å². The van der Waals surface area contributed by atoms with E-state index in [9.17, 15) is 0 Å². The Labute approximate surface area is 113 Å². The van der Waals surface area contributed by atoms with Gasteiger partial charge in [0.2, 0.25) is 0 Å². The summed E-state index contributed by atoms with van der Waals surface area (Å²) >= 11 is 0. The molecule has 19 heavy (non-hydrogen) atoms. The molecule has 2 unspecified atom stereocenters. The van der Waals surface area contributed by atoms with Crippen molar-refractivity contribution in [1.82, 2.24) is 14.9 Å². The number of para-hydroxylation sites is 2. The lowest BCUT2D eigenvalue weighted by Gasteiger charge is -2.16. The summed E-state index contributed by atoms with van der Waals surface area (Å²) in [4.78, 5) is 4.87. The van der Waals surface area contributed by atoms with Crippen LogP contribution in [0.2, 0.25) is 0 Å². The molecule has 1 aromatic carbocycles. The zero-order valence-corrected chi connectivity index (χ0v) is 11.6. The normalized spacial score (nSPS) is 23.3.